The lowest BCUT2D eigenvalue weighted by molar-refractivity contribution is -0.125. The fourth-order valence-electron chi connectivity index (χ4n) is 3.99. The van der Waals surface area contributed by atoms with Gasteiger partial charge in [-0.05, 0) is 42.7 Å². The molecule has 3 aromatic rings. The Labute approximate surface area is 190 Å². The number of thiazole rings is 1. The van der Waals surface area contributed by atoms with Gasteiger partial charge in [-0.15, -0.1) is 11.3 Å². The SMILES string of the molecule is Cc1ncsc1-c1ccc(CNC(=O)[C@@H]2C[C@@H](O)CN2C(=O)c2cccc(N)c2C)cc1. The Bertz CT molecular complexity index is 1140. The molecule has 4 rings (SSSR count). The number of aliphatic hydroxyl groups is 1. The molecule has 0 spiro atoms. The Morgan fingerprint density at radius 3 is 2.66 bits per heavy atom. The number of nitrogen functional groups attached to an aromatic ring is 1. The zero-order valence-electron chi connectivity index (χ0n) is 18.0. The van der Waals surface area contributed by atoms with Crippen LogP contribution in [0.4, 0.5) is 5.69 Å². The number of nitrogens with zero attached hydrogens (tertiary/aromatic N) is 2. The van der Waals surface area contributed by atoms with Crippen LogP contribution in [0.5, 0.6) is 0 Å². The number of likely N-dealkylation sites (tertiary alicyclic amines) is 1. The van der Waals surface area contributed by atoms with E-state index in [-0.39, 0.29) is 24.8 Å². The average Bonchev–Trinajstić information content (AvgIpc) is 3.39. The van der Waals surface area contributed by atoms with Crippen LogP contribution in [0.2, 0.25) is 0 Å². The molecule has 166 valence electrons. The van der Waals surface area contributed by atoms with Crippen LogP contribution in [0.25, 0.3) is 10.4 Å². The molecule has 0 saturated carbocycles. The molecule has 2 amide bonds. The number of anilines is 1. The molecular formula is C24H26N4O3S. The van der Waals surface area contributed by atoms with Gasteiger partial charge in [0.05, 0.1) is 22.2 Å². The summed E-state index contributed by atoms with van der Waals surface area (Å²) in [4.78, 5) is 32.9. The second-order valence-corrected chi connectivity index (χ2v) is 8.92. The van der Waals surface area contributed by atoms with Crippen LogP contribution in [-0.4, -0.2) is 45.5 Å². The lowest BCUT2D eigenvalue weighted by Gasteiger charge is -2.24. The number of nitrogens with one attached hydrogen (secondary N) is 1. The van der Waals surface area contributed by atoms with Crippen molar-refractivity contribution in [3.63, 3.8) is 0 Å². The van der Waals surface area contributed by atoms with Crippen LogP contribution in [0.15, 0.2) is 48.0 Å². The molecule has 8 heteroatoms. The Morgan fingerprint density at radius 2 is 1.97 bits per heavy atom. The van der Waals surface area contributed by atoms with Gasteiger partial charge >= 0.3 is 0 Å². The lowest BCUT2D eigenvalue weighted by atomic mass is 10.0. The number of aliphatic hydroxyl groups excluding tert-OH is 1. The van der Waals surface area contributed by atoms with Crippen molar-refractivity contribution in [3.05, 3.63) is 70.4 Å². The third kappa shape index (κ3) is 4.37. The van der Waals surface area contributed by atoms with E-state index in [9.17, 15) is 14.7 Å². The van der Waals surface area contributed by atoms with Gasteiger partial charge in [0.25, 0.3) is 5.91 Å². The molecular weight excluding hydrogens is 424 g/mol. The number of β-amino-alcohol motifs (C(OH)–C–C–N with tert-alkyl or cyclic N) is 1. The number of nitrogens with two attached hydrogens (primary N) is 1. The highest BCUT2D eigenvalue weighted by molar-refractivity contribution is 7.13. The maximum absolute atomic E-state index is 13.1. The Morgan fingerprint density at radius 1 is 1.22 bits per heavy atom. The van der Waals surface area contributed by atoms with Crippen molar-refractivity contribution in [1.82, 2.24) is 15.2 Å². The molecule has 32 heavy (non-hydrogen) atoms. The average molecular weight is 451 g/mol. The summed E-state index contributed by atoms with van der Waals surface area (Å²) in [5.74, 6) is -0.574. The van der Waals surface area contributed by atoms with E-state index in [1.54, 1.807) is 36.5 Å². The molecule has 0 unspecified atom stereocenters. The molecule has 1 aliphatic heterocycles. The van der Waals surface area contributed by atoms with Crippen LogP contribution in [0, 0.1) is 13.8 Å². The lowest BCUT2D eigenvalue weighted by Crippen LogP contribution is -2.46. The van der Waals surface area contributed by atoms with Crippen molar-refractivity contribution in [2.75, 3.05) is 12.3 Å². The van der Waals surface area contributed by atoms with E-state index in [0.29, 0.717) is 23.4 Å². The molecule has 2 atom stereocenters. The Hall–Kier alpha value is -3.23. The van der Waals surface area contributed by atoms with Gasteiger partial charge in [0.15, 0.2) is 0 Å². The van der Waals surface area contributed by atoms with Crippen molar-refractivity contribution in [2.45, 2.75) is 39.0 Å². The molecule has 1 aliphatic rings. The minimum absolute atomic E-state index is 0.119. The molecule has 4 N–H and O–H groups in total. The largest absolute Gasteiger partial charge is 0.398 e. The molecule has 1 fully saturated rings. The maximum atomic E-state index is 13.1. The second-order valence-electron chi connectivity index (χ2n) is 8.06. The van der Waals surface area contributed by atoms with Crippen molar-refractivity contribution >= 4 is 28.8 Å². The predicted molar refractivity (Wildman–Crippen MR) is 125 cm³/mol. The molecule has 0 radical (unpaired) electrons. The van der Waals surface area contributed by atoms with Crippen LogP contribution >= 0.6 is 11.3 Å². The first-order chi connectivity index (χ1) is 15.3. The molecule has 2 aromatic carbocycles. The van der Waals surface area contributed by atoms with Crippen LogP contribution in [-0.2, 0) is 11.3 Å². The number of rotatable bonds is 5. The van der Waals surface area contributed by atoms with Crippen LogP contribution in [0.3, 0.4) is 0 Å². The zero-order chi connectivity index (χ0) is 22.8. The second kappa shape index (κ2) is 9.10. The van der Waals surface area contributed by atoms with Crippen LogP contribution in [0.1, 0.15) is 33.6 Å². The summed E-state index contributed by atoms with van der Waals surface area (Å²) in [5.41, 5.74) is 12.5. The standard InChI is InChI=1S/C24H26N4O3S/c1-14-19(4-3-5-20(14)25)24(31)28-12-18(29)10-21(28)23(30)26-11-16-6-8-17(9-7-16)22-15(2)27-13-32-22/h3-9,13,18,21,29H,10-12,25H2,1-2H3,(H,26,30)/t18-,21+/m1/s1. The van der Waals surface area contributed by atoms with E-state index >= 15 is 0 Å². The van der Waals surface area contributed by atoms with E-state index in [1.807, 2.05) is 36.7 Å². The van der Waals surface area contributed by atoms with Crippen LogP contribution < -0.4 is 11.1 Å². The number of hydrogen-bond acceptors (Lipinski definition) is 6. The van der Waals surface area contributed by atoms with Gasteiger partial charge in [-0.3, -0.25) is 9.59 Å². The van der Waals surface area contributed by atoms with E-state index in [1.165, 1.54) is 4.90 Å². The van der Waals surface area contributed by atoms with Gasteiger partial charge in [0, 0.05) is 30.8 Å². The highest BCUT2D eigenvalue weighted by Gasteiger charge is 2.39. The summed E-state index contributed by atoms with van der Waals surface area (Å²) in [6, 6.07) is 12.4. The number of aromatic nitrogens is 1. The Balaban J connectivity index is 1.43. The van der Waals surface area contributed by atoms with Gasteiger partial charge in [-0.25, -0.2) is 4.98 Å². The first-order valence-corrected chi connectivity index (χ1v) is 11.3. The molecule has 7 nitrogen and oxygen atoms in total. The van der Waals surface area contributed by atoms with E-state index < -0.39 is 12.1 Å². The fourth-order valence-corrected chi connectivity index (χ4v) is 4.80. The molecule has 1 saturated heterocycles. The fraction of sp³-hybridized carbons (Fsp3) is 0.292. The van der Waals surface area contributed by atoms with Crippen molar-refractivity contribution in [1.29, 1.82) is 0 Å². The van der Waals surface area contributed by atoms with Gasteiger partial charge < -0.3 is 21.1 Å². The minimum atomic E-state index is -0.738. The number of amides is 2. The van der Waals surface area contributed by atoms with Gasteiger partial charge in [-0.1, -0.05) is 30.3 Å². The molecule has 2 heterocycles. The summed E-state index contributed by atoms with van der Waals surface area (Å²) >= 11 is 1.60. The summed E-state index contributed by atoms with van der Waals surface area (Å²) < 4.78 is 0. The van der Waals surface area contributed by atoms with E-state index in [4.69, 9.17) is 5.73 Å². The topological polar surface area (TPSA) is 109 Å². The van der Waals surface area contributed by atoms with Gasteiger partial charge in [0.2, 0.25) is 5.91 Å². The normalized spacial score (nSPS) is 18.0. The van der Waals surface area contributed by atoms with Crippen molar-refractivity contribution in [2.24, 2.45) is 0 Å². The van der Waals surface area contributed by atoms with E-state index in [2.05, 4.69) is 10.3 Å². The number of carbonyl (C=O) groups is 2. The summed E-state index contributed by atoms with van der Waals surface area (Å²) in [6.45, 7) is 4.22. The van der Waals surface area contributed by atoms with Gasteiger partial charge in [0.1, 0.15) is 6.04 Å². The third-order valence-electron chi connectivity index (χ3n) is 5.88. The van der Waals surface area contributed by atoms with Crippen molar-refractivity contribution in [3.8, 4) is 10.4 Å². The first kappa shape index (κ1) is 22.0. The number of hydrogen-bond donors (Lipinski definition) is 3. The van der Waals surface area contributed by atoms with Gasteiger partial charge in [-0.2, -0.15) is 0 Å². The summed E-state index contributed by atoms with van der Waals surface area (Å²) in [6.07, 6.45) is -0.527. The molecule has 0 bridgehead atoms. The number of carbonyl (C=O) groups excluding carboxylic acids is 2. The summed E-state index contributed by atoms with van der Waals surface area (Å²) in [7, 11) is 0. The number of aryl methyl sites for hydroxylation is 1. The quantitative estimate of drug-likeness (QED) is 0.518. The molecule has 0 aliphatic carbocycles. The maximum Gasteiger partial charge on any atom is 0.254 e. The monoisotopic (exact) mass is 450 g/mol. The van der Waals surface area contributed by atoms with E-state index in [0.717, 1.165) is 21.7 Å². The smallest absolute Gasteiger partial charge is 0.254 e. The summed E-state index contributed by atoms with van der Waals surface area (Å²) in [5, 5.41) is 13.1. The van der Waals surface area contributed by atoms with Crippen molar-refractivity contribution < 1.29 is 14.7 Å². The third-order valence-corrected chi connectivity index (χ3v) is 6.85. The zero-order valence-corrected chi connectivity index (χ0v) is 18.9. The highest BCUT2D eigenvalue weighted by atomic mass is 32.1. The first-order valence-electron chi connectivity index (χ1n) is 10.5. The Kier molecular flexibility index (Phi) is 6.25. The molecule has 1 aromatic heterocycles. The minimum Gasteiger partial charge on any atom is -0.398 e. The highest BCUT2D eigenvalue weighted by Crippen LogP contribution is 2.27. The number of benzene rings is 2. The predicted octanol–water partition coefficient (Wildman–Crippen LogP) is 2.90.